The first-order valence-electron chi connectivity index (χ1n) is 9.37. The number of Topliss-reactive ketones (excluding diaryl/α,β-unsaturated/α-hetero) is 2. The molecule has 0 spiro atoms. The van der Waals surface area contributed by atoms with Gasteiger partial charge >= 0.3 is 0 Å². The highest BCUT2D eigenvalue weighted by Gasteiger charge is 2.01. The van der Waals surface area contributed by atoms with Crippen LogP contribution >= 0.6 is 0 Å². The van der Waals surface area contributed by atoms with Crippen molar-refractivity contribution in [1.29, 1.82) is 0 Å². The van der Waals surface area contributed by atoms with Crippen LogP contribution in [0.25, 0.3) is 0 Å². The maximum absolute atomic E-state index is 11.2. The predicted octanol–water partition coefficient (Wildman–Crippen LogP) is 5.10. The monoisotopic (exact) mass is 370 g/mol. The number of carbonyl (C=O) groups is 2. The summed E-state index contributed by atoms with van der Waals surface area (Å²) < 4.78 is 10.6. The summed E-state index contributed by atoms with van der Waals surface area (Å²) in [5.41, 5.74) is 2.28. The Kier molecular flexibility index (Phi) is 10.5. The summed E-state index contributed by atoms with van der Waals surface area (Å²) in [7, 11) is 0. The fourth-order valence-electron chi connectivity index (χ4n) is 2.19. The molecule has 0 saturated carbocycles. The van der Waals surface area contributed by atoms with Crippen molar-refractivity contribution >= 4 is 11.6 Å². The Morgan fingerprint density at radius 2 is 1.26 bits per heavy atom. The van der Waals surface area contributed by atoms with Crippen LogP contribution in [0.3, 0.4) is 0 Å². The van der Waals surface area contributed by atoms with Crippen LogP contribution in [0.2, 0.25) is 0 Å². The lowest BCUT2D eigenvalue weighted by Gasteiger charge is -2.05. The first-order valence-corrected chi connectivity index (χ1v) is 9.37. The van der Waals surface area contributed by atoms with Crippen LogP contribution < -0.4 is 9.47 Å². The van der Waals surface area contributed by atoms with E-state index < -0.39 is 0 Å². The Hall–Kier alpha value is -2.62. The van der Waals surface area contributed by atoms with Crippen LogP contribution in [0.1, 0.15) is 44.2 Å². The van der Waals surface area contributed by atoms with Gasteiger partial charge in [0.15, 0.2) is 11.6 Å². The number of benzene rings is 2. The molecule has 0 aliphatic heterocycles. The van der Waals surface area contributed by atoms with Crippen molar-refractivity contribution in [2.24, 2.45) is 0 Å². The second-order valence-corrected chi connectivity index (χ2v) is 6.39. The first kappa shape index (κ1) is 22.4. The summed E-state index contributed by atoms with van der Waals surface area (Å²) in [5, 5.41) is 0. The van der Waals surface area contributed by atoms with Crippen LogP contribution in [0.5, 0.6) is 11.5 Å². The normalized spacial score (nSPS) is 9.78. The summed E-state index contributed by atoms with van der Waals surface area (Å²) in [6.07, 6.45) is 2.02. The van der Waals surface area contributed by atoms with Gasteiger partial charge in [0.25, 0.3) is 0 Å². The van der Waals surface area contributed by atoms with E-state index in [9.17, 15) is 9.59 Å². The number of hydrogen-bond donors (Lipinski definition) is 0. The van der Waals surface area contributed by atoms with Crippen molar-refractivity contribution in [3.63, 3.8) is 0 Å². The van der Waals surface area contributed by atoms with Gasteiger partial charge in [0.2, 0.25) is 0 Å². The van der Waals surface area contributed by atoms with E-state index in [1.807, 2.05) is 76.2 Å². The SMILES string of the molecule is CCC(=O)COc1cccc(C)c1.CCCC(=O)COc1cccc(C)c1. The van der Waals surface area contributed by atoms with E-state index in [1.54, 1.807) is 0 Å². The van der Waals surface area contributed by atoms with Crippen molar-refractivity contribution < 1.29 is 19.1 Å². The minimum absolute atomic E-state index is 0.126. The second kappa shape index (κ2) is 12.7. The highest BCUT2D eigenvalue weighted by molar-refractivity contribution is 5.80. The Labute approximate surface area is 162 Å². The van der Waals surface area contributed by atoms with E-state index in [0.29, 0.717) is 12.8 Å². The van der Waals surface area contributed by atoms with Crippen molar-refractivity contribution in [2.45, 2.75) is 47.0 Å². The zero-order valence-corrected chi connectivity index (χ0v) is 16.8. The summed E-state index contributed by atoms with van der Waals surface area (Å²) >= 11 is 0. The molecular formula is C23H30O4. The van der Waals surface area contributed by atoms with Crippen molar-refractivity contribution in [3.8, 4) is 11.5 Å². The van der Waals surface area contributed by atoms with E-state index >= 15 is 0 Å². The Morgan fingerprint density at radius 3 is 1.67 bits per heavy atom. The molecule has 0 aliphatic carbocycles. The van der Waals surface area contributed by atoms with Gasteiger partial charge < -0.3 is 9.47 Å². The van der Waals surface area contributed by atoms with Gasteiger partial charge in [-0.1, -0.05) is 38.1 Å². The molecular weight excluding hydrogens is 340 g/mol. The van der Waals surface area contributed by atoms with Gasteiger partial charge in [-0.2, -0.15) is 0 Å². The number of rotatable bonds is 9. The van der Waals surface area contributed by atoms with Crippen molar-refractivity contribution in [2.75, 3.05) is 13.2 Å². The van der Waals surface area contributed by atoms with E-state index in [1.165, 1.54) is 0 Å². The summed E-state index contributed by atoms with van der Waals surface area (Å²) in [6, 6.07) is 15.4. The van der Waals surface area contributed by atoms with E-state index in [0.717, 1.165) is 29.0 Å². The third-order valence-corrected chi connectivity index (χ3v) is 3.70. The molecule has 0 bridgehead atoms. The lowest BCUT2D eigenvalue weighted by atomic mass is 10.2. The lowest BCUT2D eigenvalue weighted by Crippen LogP contribution is -2.10. The van der Waals surface area contributed by atoms with E-state index in [-0.39, 0.29) is 24.8 Å². The largest absolute Gasteiger partial charge is 0.486 e. The minimum atomic E-state index is 0.126. The van der Waals surface area contributed by atoms with Crippen LogP contribution in [-0.2, 0) is 9.59 Å². The number of ether oxygens (including phenoxy) is 2. The van der Waals surface area contributed by atoms with Gasteiger partial charge in [-0.25, -0.2) is 0 Å². The molecule has 2 rings (SSSR count). The average Bonchev–Trinajstić information content (AvgIpc) is 2.65. The van der Waals surface area contributed by atoms with Crippen LogP contribution in [0, 0.1) is 13.8 Å². The quantitative estimate of drug-likeness (QED) is 0.616. The summed E-state index contributed by atoms with van der Waals surface area (Å²) in [6.45, 7) is 8.19. The number of ketones is 2. The van der Waals surface area contributed by atoms with Gasteiger partial charge in [0.1, 0.15) is 24.7 Å². The standard InChI is InChI=1S/C12H16O2.C11H14O2/c1-3-5-11(13)9-14-12-7-4-6-10(2)8-12;1-3-10(12)8-13-11-6-4-5-9(2)7-11/h4,6-8H,3,5,9H2,1-2H3;4-7H,3,8H2,1-2H3. The Morgan fingerprint density at radius 1 is 0.778 bits per heavy atom. The van der Waals surface area contributed by atoms with E-state index in [4.69, 9.17) is 9.47 Å². The maximum Gasteiger partial charge on any atom is 0.170 e. The van der Waals surface area contributed by atoms with Gasteiger partial charge in [-0.15, -0.1) is 0 Å². The molecule has 0 aliphatic rings. The molecule has 0 N–H and O–H groups in total. The number of carbonyl (C=O) groups excluding carboxylic acids is 2. The van der Waals surface area contributed by atoms with E-state index in [2.05, 4.69) is 0 Å². The van der Waals surface area contributed by atoms with Crippen molar-refractivity contribution in [3.05, 3.63) is 59.7 Å². The first-order chi connectivity index (χ1) is 12.9. The minimum Gasteiger partial charge on any atom is -0.486 e. The zero-order chi connectivity index (χ0) is 20.1. The fourth-order valence-corrected chi connectivity index (χ4v) is 2.19. The van der Waals surface area contributed by atoms with Gasteiger partial charge in [0.05, 0.1) is 0 Å². The average molecular weight is 370 g/mol. The summed E-state index contributed by atoms with van der Waals surface area (Å²) in [5.74, 6) is 1.83. The molecule has 0 fully saturated rings. The van der Waals surface area contributed by atoms with Crippen LogP contribution in [-0.4, -0.2) is 24.8 Å². The zero-order valence-electron chi connectivity index (χ0n) is 16.8. The van der Waals surface area contributed by atoms with Gasteiger partial charge in [-0.05, 0) is 55.7 Å². The molecule has 4 heteroatoms. The number of aryl methyl sites for hydroxylation is 2. The molecule has 2 aromatic rings. The second-order valence-electron chi connectivity index (χ2n) is 6.39. The number of hydrogen-bond acceptors (Lipinski definition) is 4. The molecule has 0 saturated heterocycles. The van der Waals surface area contributed by atoms with Crippen molar-refractivity contribution in [1.82, 2.24) is 0 Å². The van der Waals surface area contributed by atoms with Gasteiger partial charge in [-0.3, -0.25) is 9.59 Å². The highest BCUT2D eigenvalue weighted by atomic mass is 16.5. The third kappa shape index (κ3) is 10.2. The lowest BCUT2D eigenvalue weighted by molar-refractivity contribution is -0.121. The molecule has 0 atom stereocenters. The molecule has 146 valence electrons. The molecule has 0 unspecified atom stereocenters. The van der Waals surface area contributed by atoms with Gasteiger partial charge in [0, 0.05) is 12.8 Å². The topological polar surface area (TPSA) is 52.6 Å². The molecule has 0 amide bonds. The Balaban J connectivity index is 0.000000271. The third-order valence-electron chi connectivity index (χ3n) is 3.70. The van der Waals surface area contributed by atoms with Crippen LogP contribution in [0.4, 0.5) is 0 Å². The molecule has 0 heterocycles. The smallest absolute Gasteiger partial charge is 0.170 e. The predicted molar refractivity (Wildman–Crippen MR) is 109 cm³/mol. The fraction of sp³-hybridized carbons (Fsp3) is 0.391. The molecule has 27 heavy (non-hydrogen) atoms. The molecule has 4 nitrogen and oxygen atoms in total. The highest BCUT2D eigenvalue weighted by Crippen LogP contribution is 2.13. The molecule has 2 aromatic carbocycles. The molecule has 0 radical (unpaired) electrons. The maximum atomic E-state index is 11.2. The summed E-state index contributed by atoms with van der Waals surface area (Å²) in [4.78, 5) is 22.1. The molecule has 0 aromatic heterocycles. The Bertz CT molecular complexity index is 722. The van der Waals surface area contributed by atoms with Crippen LogP contribution in [0.15, 0.2) is 48.5 Å².